The highest BCUT2D eigenvalue weighted by Gasteiger charge is 2.57. The van der Waals surface area contributed by atoms with Crippen molar-refractivity contribution in [1.29, 1.82) is 0 Å². The molecule has 1 aromatic carbocycles. The third-order valence-corrected chi connectivity index (χ3v) is 5.68. The topological polar surface area (TPSA) is 89.9 Å². The van der Waals surface area contributed by atoms with Crippen molar-refractivity contribution in [2.24, 2.45) is 23.7 Å². The van der Waals surface area contributed by atoms with E-state index in [2.05, 4.69) is 15.9 Å². The van der Waals surface area contributed by atoms with Gasteiger partial charge in [-0.3, -0.25) is 14.4 Å². The van der Waals surface area contributed by atoms with Crippen molar-refractivity contribution in [3.8, 4) is 0 Å². The molecule has 0 bridgehead atoms. The normalized spacial score (nSPS) is 26.7. The van der Waals surface area contributed by atoms with Gasteiger partial charge in [0.2, 0.25) is 0 Å². The Morgan fingerprint density at radius 3 is 2.07 bits per heavy atom. The van der Waals surface area contributed by atoms with Crippen LogP contribution in [-0.2, 0) is 23.9 Å². The Bertz CT molecular complexity index is 768. The van der Waals surface area contributed by atoms with Crippen molar-refractivity contribution in [2.45, 2.75) is 52.6 Å². The maximum absolute atomic E-state index is 13.1. The van der Waals surface area contributed by atoms with E-state index < -0.39 is 41.1 Å². The SMILES string of the molecule is CC(C)COC(=O)[C@@H]1C(=O)C[C@](C)(O)[C@H](C(=O)OCC(C)C)[C@@H]1c1ccc(Br)cc1. The number of ether oxygens (including phenoxy) is 2. The molecule has 0 aliphatic heterocycles. The average Bonchev–Trinajstić information content (AvgIpc) is 2.63. The van der Waals surface area contributed by atoms with Crippen molar-refractivity contribution in [3.63, 3.8) is 0 Å². The summed E-state index contributed by atoms with van der Waals surface area (Å²) in [6.45, 7) is 9.44. The Morgan fingerprint density at radius 2 is 1.57 bits per heavy atom. The molecular weight excluding hydrogens is 452 g/mol. The lowest BCUT2D eigenvalue weighted by atomic mass is 9.62. The predicted octanol–water partition coefficient (Wildman–Crippen LogP) is 3.89. The second-order valence-corrected chi connectivity index (χ2v) is 10.00. The third kappa shape index (κ3) is 5.91. The van der Waals surface area contributed by atoms with Crippen molar-refractivity contribution >= 4 is 33.7 Å². The largest absolute Gasteiger partial charge is 0.465 e. The molecule has 0 saturated heterocycles. The predicted molar refractivity (Wildman–Crippen MR) is 116 cm³/mol. The van der Waals surface area contributed by atoms with Crippen LogP contribution in [0.3, 0.4) is 0 Å². The van der Waals surface area contributed by atoms with Gasteiger partial charge in [0.1, 0.15) is 5.92 Å². The van der Waals surface area contributed by atoms with E-state index >= 15 is 0 Å². The number of hydrogen-bond acceptors (Lipinski definition) is 6. The average molecular weight is 483 g/mol. The Labute approximate surface area is 186 Å². The molecule has 0 aromatic heterocycles. The molecule has 30 heavy (non-hydrogen) atoms. The van der Waals surface area contributed by atoms with Gasteiger partial charge in [0.15, 0.2) is 5.78 Å². The molecule has 6 nitrogen and oxygen atoms in total. The first-order valence-electron chi connectivity index (χ1n) is 10.3. The third-order valence-electron chi connectivity index (χ3n) is 5.15. The molecule has 7 heteroatoms. The van der Waals surface area contributed by atoms with E-state index in [1.165, 1.54) is 6.92 Å². The number of ketones is 1. The van der Waals surface area contributed by atoms with Gasteiger partial charge in [0.25, 0.3) is 0 Å². The summed E-state index contributed by atoms with van der Waals surface area (Å²) < 4.78 is 11.6. The molecule has 0 unspecified atom stereocenters. The molecule has 1 saturated carbocycles. The minimum Gasteiger partial charge on any atom is -0.465 e. The molecular formula is C23H31BrO6. The van der Waals surface area contributed by atoms with Crippen molar-refractivity contribution < 1.29 is 29.0 Å². The van der Waals surface area contributed by atoms with Crippen molar-refractivity contribution in [3.05, 3.63) is 34.3 Å². The Morgan fingerprint density at radius 1 is 1.07 bits per heavy atom. The van der Waals surface area contributed by atoms with Crippen LogP contribution in [0.5, 0.6) is 0 Å². The molecule has 0 radical (unpaired) electrons. The molecule has 1 aromatic rings. The number of carbonyl (C=O) groups is 3. The summed E-state index contributed by atoms with van der Waals surface area (Å²) >= 11 is 3.37. The van der Waals surface area contributed by atoms with Gasteiger partial charge in [-0.25, -0.2) is 0 Å². The van der Waals surface area contributed by atoms with Crippen LogP contribution in [0.1, 0.15) is 52.5 Å². The van der Waals surface area contributed by atoms with E-state index in [0.29, 0.717) is 5.56 Å². The Hall–Kier alpha value is -1.73. The van der Waals surface area contributed by atoms with Crippen LogP contribution >= 0.6 is 15.9 Å². The minimum atomic E-state index is -1.64. The first kappa shape index (κ1) is 24.5. The second kappa shape index (κ2) is 10.1. The Kier molecular flexibility index (Phi) is 8.22. The van der Waals surface area contributed by atoms with E-state index in [1.807, 2.05) is 27.7 Å². The molecule has 0 heterocycles. The zero-order valence-electron chi connectivity index (χ0n) is 18.2. The molecule has 1 N–H and O–H groups in total. The summed E-state index contributed by atoms with van der Waals surface area (Å²) in [5.74, 6) is -4.64. The lowest BCUT2D eigenvalue weighted by molar-refractivity contribution is -0.173. The van der Waals surface area contributed by atoms with E-state index in [-0.39, 0.29) is 31.5 Å². The van der Waals surface area contributed by atoms with E-state index in [0.717, 1.165) is 4.47 Å². The van der Waals surface area contributed by atoms with Crippen molar-refractivity contribution in [2.75, 3.05) is 13.2 Å². The number of aliphatic hydroxyl groups is 1. The summed E-state index contributed by atoms with van der Waals surface area (Å²) in [5.41, 5.74) is -1.04. The first-order chi connectivity index (χ1) is 13.9. The van der Waals surface area contributed by atoms with Gasteiger partial charge >= 0.3 is 11.9 Å². The molecule has 1 aliphatic rings. The van der Waals surface area contributed by atoms with E-state index in [4.69, 9.17) is 9.47 Å². The fourth-order valence-corrected chi connectivity index (χ4v) is 4.04. The molecule has 1 fully saturated rings. The second-order valence-electron chi connectivity index (χ2n) is 9.08. The van der Waals surface area contributed by atoms with Gasteiger partial charge < -0.3 is 14.6 Å². The van der Waals surface area contributed by atoms with Crippen LogP contribution in [-0.4, -0.2) is 41.6 Å². The number of rotatable bonds is 7. The van der Waals surface area contributed by atoms with E-state index in [9.17, 15) is 19.5 Å². The maximum Gasteiger partial charge on any atom is 0.317 e. The number of halogens is 1. The summed E-state index contributed by atoms with van der Waals surface area (Å²) in [6.07, 6.45) is -0.317. The van der Waals surface area contributed by atoms with Crippen LogP contribution in [0, 0.1) is 23.7 Å². The summed E-state index contributed by atoms with van der Waals surface area (Å²) in [6, 6.07) is 7.04. The Balaban J connectivity index is 2.51. The van der Waals surface area contributed by atoms with Gasteiger partial charge in [-0.05, 0) is 36.5 Å². The van der Waals surface area contributed by atoms with Crippen LogP contribution in [0.2, 0.25) is 0 Å². The van der Waals surface area contributed by atoms with Gasteiger partial charge in [0, 0.05) is 16.8 Å². The lowest BCUT2D eigenvalue weighted by Crippen LogP contribution is -2.55. The molecule has 166 valence electrons. The summed E-state index contributed by atoms with van der Waals surface area (Å²) in [4.78, 5) is 38.9. The first-order valence-corrected chi connectivity index (χ1v) is 11.1. The lowest BCUT2D eigenvalue weighted by Gasteiger charge is -2.43. The molecule has 1 aliphatic carbocycles. The van der Waals surface area contributed by atoms with E-state index in [1.54, 1.807) is 24.3 Å². The molecule has 0 spiro atoms. The van der Waals surface area contributed by atoms with Crippen LogP contribution in [0.4, 0.5) is 0 Å². The fraction of sp³-hybridized carbons (Fsp3) is 0.609. The molecule has 2 rings (SSSR count). The highest BCUT2D eigenvalue weighted by Crippen LogP contribution is 2.47. The number of carbonyl (C=O) groups excluding carboxylic acids is 3. The highest BCUT2D eigenvalue weighted by molar-refractivity contribution is 9.10. The zero-order chi connectivity index (χ0) is 22.6. The van der Waals surface area contributed by atoms with Gasteiger partial charge in [-0.1, -0.05) is 55.8 Å². The summed E-state index contributed by atoms with van der Waals surface area (Å²) in [5, 5.41) is 11.1. The number of hydrogen-bond donors (Lipinski definition) is 1. The number of esters is 2. The smallest absolute Gasteiger partial charge is 0.317 e. The number of Topliss-reactive ketones (excluding diaryl/α,β-unsaturated/α-hetero) is 1. The van der Waals surface area contributed by atoms with Gasteiger partial charge in [-0.2, -0.15) is 0 Å². The molecule has 4 atom stereocenters. The molecule has 0 amide bonds. The zero-order valence-corrected chi connectivity index (χ0v) is 19.8. The van der Waals surface area contributed by atoms with Gasteiger partial charge in [-0.15, -0.1) is 0 Å². The monoisotopic (exact) mass is 482 g/mol. The highest BCUT2D eigenvalue weighted by atomic mass is 79.9. The minimum absolute atomic E-state index is 0.105. The maximum atomic E-state index is 13.1. The summed E-state index contributed by atoms with van der Waals surface area (Å²) in [7, 11) is 0. The van der Waals surface area contributed by atoms with Crippen LogP contribution < -0.4 is 0 Å². The van der Waals surface area contributed by atoms with Gasteiger partial charge in [0.05, 0.1) is 24.7 Å². The quantitative estimate of drug-likeness (QED) is 0.468. The van der Waals surface area contributed by atoms with Crippen molar-refractivity contribution in [1.82, 2.24) is 0 Å². The number of benzene rings is 1. The van der Waals surface area contributed by atoms with Crippen LogP contribution in [0.25, 0.3) is 0 Å². The van der Waals surface area contributed by atoms with Crippen LogP contribution in [0.15, 0.2) is 28.7 Å². The fourth-order valence-electron chi connectivity index (χ4n) is 3.78. The standard InChI is InChI=1S/C23H31BrO6/c1-13(2)11-29-21(26)19-17(25)10-23(5,28)20(22(27)30-12-14(3)4)18(19)15-6-8-16(24)9-7-15/h6-9,13-14,18-20,28H,10-12H2,1-5H3/t18-,19-,20+,23+/m1/s1.